The molecule has 0 saturated heterocycles. The van der Waals surface area contributed by atoms with E-state index in [-0.39, 0.29) is 5.54 Å². The number of rotatable bonds is 2. The summed E-state index contributed by atoms with van der Waals surface area (Å²) in [6, 6.07) is 11.2. The summed E-state index contributed by atoms with van der Waals surface area (Å²) in [6.45, 7) is 2.92. The smallest absolute Gasteiger partial charge is 0.0589 e. The second kappa shape index (κ2) is 5.24. The average Bonchev–Trinajstić information content (AvgIpc) is 3.02. The van der Waals surface area contributed by atoms with Gasteiger partial charge in [-0.2, -0.15) is 0 Å². The molecule has 3 heteroatoms. The topological polar surface area (TPSA) is 29.3 Å². The second-order valence-electron chi connectivity index (χ2n) is 6.29. The molecule has 2 aromatic rings. The van der Waals surface area contributed by atoms with Crippen molar-refractivity contribution >= 4 is 11.3 Å². The van der Waals surface area contributed by atoms with E-state index in [9.17, 15) is 0 Å². The highest BCUT2D eigenvalue weighted by Gasteiger charge is 2.41. The summed E-state index contributed by atoms with van der Waals surface area (Å²) in [6.07, 6.45) is 4.83. The van der Waals surface area contributed by atoms with E-state index in [2.05, 4.69) is 40.6 Å². The summed E-state index contributed by atoms with van der Waals surface area (Å²) in [5.74, 6) is 0. The van der Waals surface area contributed by atoms with Gasteiger partial charge in [-0.15, -0.1) is 11.3 Å². The Labute approximate surface area is 130 Å². The maximum absolute atomic E-state index is 6.34. The van der Waals surface area contributed by atoms with Crippen LogP contribution in [-0.2, 0) is 24.9 Å². The van der Waals surface area contributed by atoms with Crippen molar-refractivity contribution in [3.05, 3.63) is 57.3 Å². The van der Waals surface area contributed by atoms with Crippen LogP contribution in [0.15, 0.2) is 35.7 Å². The van der Waals surface area contributed by atoms with E-state index in [4.69, 9.17) is 5.73 Å². The third-order valence-electron chi connectivity index (χ3n) is 5.31. The van der Waals surface area contributed by atoms with Gasteiger partial charge in [0.2, 0.25) is 0 Å². The molecule has 2 N–H and O–H groups in total. The van der Waals surface area contributed by atoms with Crippen molar-refractivity contribution in [1.29, 1.82) is 0 Å². The van der Waals surface area contributed by atoms with Crippen LogP contribution in [0.3, 0.4) is 0 Å². The first-order chi connectivity index (χ1) is 10.3. The number of benzene rings is 1. The largest absolute Gasteiger partial charge is 0.328 e. The summed E-state index contributed by atoms with van der Waals surface area (Å²) < 4.78 is 0. The van der Waals surface area contributed by atoms with Gasteiger partial charge in [0.1, 0.15) is 0 Å². The van der Waals surface area contributed by atoms with Crippen molar-refractivity contribution in [3.8, 4) is 0 Å². The fourth-order valence-electron chi connectivity index (χ4n) is 4.18. The maximum Gasteiger partial charge on any atom is 0.0589 e. The highest BCUT2D eigenvalue weighted by atomic mass is 32.1. The van der Waals surface area contributed by atoms with Crippen LogP contribution in [0.25, 0.3) is 0 Å². The number of fused-ring (bicyclic) bond motifs is 2. The van der Waals surface area contributed by atoms with Crippen molar-refractivity contribution in [2.24, 2.45) is 5.73 Å². The molecule has 4 rings (SSSR count). The summed E-state index contributed by atoms with van der Waals surface area (Å²) in [5, 5.41) is 2.23. The van der Waals surface area contributed by atoms with E-state index in [0.29, 0.717) is 0 Å². The maximum atomic E-state index is 6.34. The normalized spacial score (nSPS) is 25.4. The second-order valence-corrected chi connectivity index (χ2v) is 7.29. The number of nitrogens with zero attached hydrogens (tertiary/aromatic N) is 1. The zero-order valence-corrected chi connectivity index (χ0v) is 13.2. The monoisotopic (exact) mass is 298 g/mol. The fourth-order valence-corrected chi connectivity index (χ4v) is 5.07. The van der Waals surface area contributed by atoms with Crippen molar-refractivity contribution in [3.63, 3.8) is 0 Å². The molecule has 1 atom stereocenters. The van der Waals surface area contributed by atoms with Crippen molar-refractivity contribution in [2.75, 3.05) is 13.1 Å². The lowest BCUT2D eigenvalue weighted by Crippen LogP contribution is -2.54. The lowest BCUT2D eigenvalue weighted by atomic mass is 9.74. The van der Waals surface area contributed by atoms with Gasteiger partial charge in [-0.1, -0.05) is 24.3 Å². The summed E-state index contributed by atoms with van der Waals surface area (Å²) in [5.41, 5.74) is 10.9. The predicted molar refractivity (Wildman–Crippen MR) is 88.5 cm³/mol. The molecule has 1 aromatic heterocycles. The molecule has 0 radical (unpaired) electrons. The van der Waals surface area contributed by atoms with Gasteiger partial charge in [-0.25, -0.2) is 0 Å². The Kier molecular flexibility index (Phi) is 3.37. The number of thiophene rings is 1. The Balaban J connectivity index is 1.75. The van der Waals surface area contributed by atoms with Crippen LogP contribution < -0.4 is 5.73 Å². The van der Waals surface area contributed by atoms with E-state index in [0.717, 1.165) is 19.6 Å². The van der Waals surface area contributed by atoms with Crippen molar-refractivity contribution in [2.45, 2.75) is 37.8 Å². The van der Waals surface area contributed by atoms with Crippen LogP contribution in [-0.4, -0.2) is 18.0 Å². The van der Waals surface area contributed by atoms with Crippen LogP contribution >= 0.6 is 11.3 Å². The molecule has 0 saturated carbocycles. The minimum atomic E-state index is 0.0501. The highest BCUT2D eigenvalue weighted by molar-refractivity contribution is 7.10. The van der Waals surface area contributed by atoms with Crippen LogP contribution in [0, 0.1) is 0 Å². The van der Waals surface area contributed by atoms with E-state index >= 15 is 0 Å². The van der Waals surface area contributed by atoms with Gasteiger partial charge in [0, 0.05) is 24.5 Å². The van der Waals surface area contributed by atoms with Gasteiger partial charge in [0.15, 0.2) is 0 Å². The first kappa shape index (κ1) is 13.5. The van der Waals surface area contributed by atoms with Gasteiger partial charge in [-0.3, -0.25) is 4.90 Å². The third kappa shape index (κ3) is 2.07. The van der Waals surface area contributed by atoms with Crippen LogP contribution in [0.4, 0.5) is 0 Å². The molecule has 2 heterocycles. The van der Waals surface area contributed by atoms with Gasteiger partial charge < -0.3 is 5.73 Å². The minimum Gasteiger partial charge on any atom is -0.328 e. The Morgan fingerprint density at radius 3 is 2.95 bits per heavy atom. The number of aryl methyl sites for hydroxylation is 1. The van der Waals surface area contributed by atoms with E-state index < -0.39 is 0 Å². The standard InChI is InChI=1S/C18H22N2S/c19-13-18(9-3-5-14-4-1-2-6-16(14)18)20-10-7-17-15(12-20)8-11-21-17/h1-2,4,6,8,11H,3,5,7,9-10,12-13,19H2. The lowest BCUT2D eigenvalue weighted by molar-refractivity contribution is 0.0609. The van der Waals surface area contributed by atoms with Gasteiger partial charge in [0.25, 0.3) is 0 Å². The molecular formula is C18H22N2S. The van der Waals surface area contributed by atoms with Crippen molar-refractivity contribution in [1.82, 2.24) is 4.90 Å². The molecular weight excluding hydrogens is 276 g/mol. The van der Waals surface area contributed by atoms with Crippen LogP contribution in [0.2, 0.25) is 0 Å². The molecule has 1 aliphatic heterocycles. The first-order valence-electron chi connectivity index (χ1n) is 7.92. The van der Waals surface area contributed by atoms with E-state index in [1.165, 1.54) is 42.4 Å². The number of hydrogen-bond acceptors (Lipinski definition) is 3. The van der Waals surface area contributed by atoms with E-state index in [1.54, 1.807) is 4.88 Å². The quantitative estimate of drug-likeness (QED) is 0.922. The zero-order chi connectivity index (χ0) is 14.3. The zero-order valence-electron chi connectivity index (χ0n) is 12.3. The average molecular weight is 298 g/mol. The fraction of sp³-hybridized carbons (Fsp3) is 0.444. The third-order valence-corrected chi connectivity index (χ3v) is 6.33. The first-order valence-corrected chi connectivity index (χ1v) is 8.80. The molecule has 21 heavy (non-hydrogen) atoms. The van der Waals surface area contributed by atoms with E-state index in [1.807, 2.05) is 11.3 Å². The molecule has 2 aliphatic rings. The SMILES string of the molecule is NCC1(N2CCc3sccc3C2)CCCc2ccccc21. The summed E-state index contributed by atoms with van der Waals surface area (Å²) >= 11 is 1.91. The molecule has 0 spiro atoms. The van der Waals surface area contributed by atoms with Gasteiger partial charge in [0.05, 0.1) is 5.54 Å². The molecule has 1 unspecified atom stereocenters. The Bertz CT molecular complexity index is 648. The molecule has 1 aliphatic carbocycles. The minimum absolute atomic E-state index is 0.0501. The Hall–Kier alpha value is -1.16. The summed E-state index contributed by atoms with van der Waals surface area (Å²) in [7, 11) is 0. The lowest BCUT2D eigenvalue weighted by Gasteiger charge is -2.48. The van der Waals surface area contributed by atoms with Gasteiger partial charge >= 0.3 is 0 Å². The number of nitrogens with two attached hydrogens (primary N) is 1. The van der Waals surface area contributed by atoms with Crippen molar-refractivity contribution < 1.29 is 0 Å². The highest BCUT2D eigenvalue weighted by Crippen LogP contribution is 2.42. The molecule has 1 aromatic carbocycles. The van der Waals surface area contributed by atoms with Crippen LogP contribution in [0.1, 0.15) is 34.4 Å². The molecule has 0 fully saturated rings. The predicted octanol–water partition coefficient (Wildman–Crippen LogP) is 3.30. The Morgan fingerprint density at radius 2 is 2.05 bits per heavy atom. The Morgan fingerprint density at radius 1 is 1.14 bits per heavy atom. The molecule has 0 amide bonds. The molecule has 110 valence electrons. The van der Waals surface area contributed by atoms with Crippen LogP contribution in [0.5, 0.6) is 0 Å². The summed E-state index contributed by atoms with van der Waals surface area (Å²) in [4.78, 5) is 4.22. The molecule has 0 bridgehead atoms. The molecule has 2 nitrogen and oxygen atoms in total. The number of hydrogen-bond donors (Lipinski definition) is 1. The van der Waals surface area contributed by atoms with Gasteiger partial charge in [-0.05, 0) is 53.8 Å².